The van der Waals surface area contributed by atoms with Gasteiger partial charge in [0, 0.05) is 24.2 Å². The summed E-state index contributed by atoms with van der Waals surface area (Å²) in [4.78, 5) is 23.7. The van der Waals surface area contributed by atoms with Crippen molar-refractivity contribution in [2.75, 3.05) is 5.32 Å². The summed E-state index contributed by atoms with van der Waals surface area (Å²) in [7, 11) is -4.65. The van der Waals surface area contributed by atoms with Crippen molar-refractivity contribution in [2.45, 2.75) is 45.0 Å². The zero-order valence-electron chi connectivity index (χ0n) is 21.5. The first kappa shape index (κ1) is 29.1. The summed E-state index contributed by atoms with van der Waals surface area (Å²) in [5.41, 5.74) is -2.68. The van der Waals surface area contributed by atoms with Crippen LogP contribution in [0.15, 0.2) is 48.9 Å². The van der Waals surface area contributed by atoms with E-state index < -0.39 is 39.3 Å². The van der Waals surface area contributed by atoms with Gasteiger partial charge in [0.25, 0.3) is 0 Å². The molecule has 3 aromatic rings. The Bertz CT molecular complexity index is 1650. The number of thiazole rings is 1. The number of nitrogens with zero attached hydrogens (tertiary/aromatic N) is 5. The second kappa shape index (κ2) is 9.94. The van der Waals surface area contributed by atoms with Crippen molar-refractivity contribution >= 4 is 45.5 Å². The van der Waals surface area contributed by atoms with Gasteiger partial charge in [0.05, 0.1) is 10.4 Å². The number of aryl methyl sites for hydroxylation is 1. The summed E-state index contributed by atoms with van der Waals surface area (Å²) in [5, 5.41) is 25.6. The minimum absolute atomic E-state index is 0.0874. The molecule has 0 radical (unpaired) electrons. The van der Waals surface area contributed by atoms with Gasteiger partial charge in [0.2, 0.25) is 17.8 Å². The summed E-state index contributed by atoms with van der Waals surface area (Å²) in [6, 6.07) is 5.85. The molecule has 16 heteroatoms. The molecule has 1 atom stereocenters. The van der Waals surface area contributed by atoms with Gasteiger partial charge in [-0.2, -0.15) is 17.5 Å². The monoisotopic (exact) mass is 596 g/mol. The third kappa shape index (κ3) is 5.83. The van der Waals surface area contributed by atoms with E-state index in [0.29, 0.717) is 20.1 Å². The van der Waals surface area contributed by atoms with Gasteiger partial charge in [0.15, 0.2) is 12.3 Å². The Morgan fingerprint density at radius 2 is 1.90 bits per heavy atom. The zero-order valence-corrected chi connectivity index (χ0v) is 23.1. The Morgan fingerprint density at radius 3 is 2.52 bits per heavy atom. The Morgan fingerprint density at radius 1 is 1.20 bits per heavy atom. The van der Waals surface area contributed by atoms with E-state index in [-0.39, 0.29) is 15.3 Å². The van der Waals surface area contributed by atoms with E-state index >= 15 is 0 Å². The quantitative estimate of drug-likeness (QED) is 0.409. The van der Waals surface area contributed by atoms with E-state index in [1.807, 2.05) is 0 Å². The van der Waals surface area contributed by atoms with Crippen molar-refractivity contribution in [1.82, 2.24) is 19.3 Å². The first-order chi connectivity index (χ1) is 18.4. The smallest absolute Gasteiger partial charge is 0.473 e. The number of carboxylic acid groups (broad SMARTS) is 1. The lowest BCUT2D eigenvalue weighted by Gasteiger charge is -2.32. The van der Waals surface area contributed by atoms with Crippen LogP contribution in [0.4, 0.5) is 29.6 Å². The number of carbonyl (C=O) groups is 1. The third-order valence-corrected chi connectivity index (χ3v) is 8.59. The molecular formula is C24H23F3N6O5S2. The van der Waals surface area contributed by atoms with Crippen LogP contribution in [-0.2, 0) is 22.0 Å². The number of hydrogen-bond acceptors (Lipinski definition) is 10. The van der Waals surface area contributed by atoms with E-state index in [4.69, 9.17) is 0 Å². The Kier molecular flexibility index (Phi) is 7.23. The largest absolute Gasteiger partial charge is 0.529 e. The van der Waals surface area contributed by atoms with Gasteiger partial charge in [0.1, 0.15) is 10.7 Å². The molecule has 2 N–H and O–H groups in total. The van der Waals surface area contributed by atoms with Crippen LogP contribution < -0.4 is 10.4 Å². The predicted molar refractivity (Wildman–Crippen MR) is 138 cm³/mol. The van der Waals surface area contributed by atoms with Crippen molar-refractivity contribution in [3.05, 3.63) is 65.2 Å². The molecule has 212 valence electrons. The molecule has 1 unspecified atom stereocenters. The normalized spacial score (nSPS) is 17.6. The van der Waals surface area contributed by atoms with Crippen molar-refractivity contribution in [3.63, 3.8) is 0 Å². The van der Waals surface area contributed by atoms with Crippen LogP contribution in [0.1, 0.15) is 37.0 Å². The second-order valence-corrected chi connectivity index (χ2v) is 12.5. The maximum Gasteiger partial charge on any atom is 0.473 e. The average Bonchev–Trinajstić information content (AvgIpc) is 3.45. The van der Waals surface area contributed by atoms with Crippen LogP contribution in [0, 0.1) is 6.92 Å². The Balaban J connectivity index is 1.63. The predicted octanol–water partition coefficient (Wildman–Crippen LogP) is 3.16. The number of amides is 1. The molecule has 0 fully saturated rings. The molecule has 11 nitrogen and oxygen atoms in total. The van der Waals surface area contributed by atoms with E-state index in [0.717, 1.165) is 47.7 Å². The number of nitrogens with one attached hydrogen (secondary N) is 1. The van der Waals surface area contributed by atoms with E-state index in [1.54, 1.807) is 25.1 Å². The summed E-state index contributed by atoms with van der Waals surface area (Å²) in [5.74, 6) is -0.251. The Labute approximate surface area is 231 Å². The minimum atomic E-state index is -4.65. The van der Waals surface area contributed by atoms with E-state index in [1.165, 1.54) is 27.0 Å². The number of rotatable bonds is 6. The molecule has 0 spiro atoms. The van der Waals surface area contributed by atoms with Crippen LogP contribution in [0.5, 0.6) is 0 Å². The number of benzene rings is 1. The SMILES string of the molecule is Cc1cc(Nc2nccc(C(F)(F)F)n2)cc(-c2cnc(C3(O)C=C[N+](S(=O)(=O)N(C(=O)[O-])C(C)(C)C)=C3)s2)c1. The number of anilines is 2. The molecule has 1 aliphatic heterocycles. The van der Waals surface area contributed by atoms with Gasteiger partial charge in [-0.15, -0.1) is 19.8 Å². The molecule has 0 aliphatic carbocycles. The molecule has 1 aliphatic rings. The molecule has 3 heterocycles. The lowest BCUT2D eigenvalue weighted by Crippen LogP contribution is -2.56. The molecule has 1 amide bonds. The fourth-order valence-corrected chi connectivity index (χ4v) is 6.36. The lowest BCUT2D eigenvalue weighted by molar-refractivity contribution is -0.294. The van der Waals surface area contributed by atoms with E-state index in [2.05, 4.69) is 20.3 Å². The van der Waals surface area contributed by atoms with Gasteiger partial charge < -0.3 is 20.3 Å². The highest BCUT2D eigenvalue weighted by molar-refractivity contribution is 7.83. The topological polar surface area (TPSA) is 151 Å². The summed E-state index contributed by atoms with van der Waals surface area (Å²) < 4.78 is 65.8. The van der Waals surface area contributed by atoms with Crippen LogP contribution in [-0.4, -0.2) is 54.6 Å². The van der Waals surface area contributed by atoms with Gasteiger partial charge in [-0.3, -0.25) is 0 Å². The fraction of sp³-hybridized carbons (Fsp3) is 0.292. The first-order valence-electron chi connectivity index (χ1n) is 11.5. The van der Waals surface area contributed by atoms with Crippen molar-refractivity contribution < 1.29 is 40.6 Å². The highest BCUT2D eigenvalue weighted by Gasteiger charge is 2.47. The number of hydrogen-bond donors (Lipinski definition) is 2. The lowest BCUT2D eigenvalue weighted by atomic mass is 10.1. The number of halogens is 3. The molecule has 40 heavy (non-hydrogen) atoms. The summed E-state index contributed by atoms with van der Waals surface area (Å²) >= 11 is 1.03. The van der Waals surface area contributed by atoms with Gasteiger partial charge in [-0.1, -0.05) is 10.0 Å². The van der Waals surface area contributed by atoms with E-state index in [9.17, 15) is 36.6 Å². The van der Waals surface area contributed by atoms with Crippen LogP contribution in [0.25, 0.3) is 10.4 Å². The van der Waals surface area contributed by atoms with Crippen molar-refractivity contribution in [3.8, 4) is 10.4 Å². The molecule has 4 rings (SSSR count). The van der Waals surface area contributed by atoms with Crippen LogP contribution >= 0.6 is 11.3 Å². The summed E-state index contributed by atoms with van der Waals surface area (Å²) in [6.45, 7) is 5.91. The molecule has 2 aromatic heterocycles. The third-order valence-electron chi connectivity index (χ3n) is 5.48. The average molecular weight is 597 g/mol. The molecule has 0 saturated carbocycles. The highest BCUT2D eigenvalue weighted by Crippen LogP contribution is 2.36. The van der Waals surface area contributed by atoms with Crippen LogP contribution in [0.3, 0.4) is 0 Å². The summed E-state index contributed by atoms with van der Waals surface area (Å²) in [6.07, 6.45) is -1.04. The first-order valence-corrected chi connectivity index (χ1v) is 13.7. The van der Waals surface area contributed by atoms with Gasteiger partial charge in [-0.25, -0.2) is 15.0 Å². The second-order valence-electron chi connectivity index (χ2n) is 9.81. The standard InChI is InChI=1S/C24H23F3N6O5S2/c1-14-9-15(11-16(10-14)30-20-28-7-5-18(31-20)24(25,26)27)17-12-29-19(39-17)23(36)6-8-32(13-23)40(37,38)33(21(34)35)22(2,3)4/h5-13,36H,1-4H3,(H-,28,30,31,34,35). The maximum absolute atomic E-state index is 13.0. The Hall–Kier alpha value is -3.89. The molecule has 0 saturated heterocycles. The highest BCUT2D eigenvalue weighted by atomic mass is 32.2. The number of alkyl halides is 3. The van der Waals surface area contributed by atoms with Crippen molar-refractivity contribution in [2.24, 2.45) is 0 Å². The molecule has 0 bridgehead atoms. The zero-order chi connectivity index (χ0) is 29.7. The number of carbonyl (C=O) groups excluding carboxylic acids is 1. The number of aromatic nitrogens is 3. The fourth-order valence-electron chi connectivity index (χ4n) is 3.84. The van der Waals surface area contributed by atoms with Crippen LogP contribution in [0.2, 0.25) is 0 Å². The number of aliphatic hydroxyl groups is 1. The molecule has 1 aromatic carbocycles. The van der Waals surface area contributed by atoms with Gasteiger partial charge >= 0.3 is 16.4 Å². The van der Waals surface area contributed by atoms with Gasteiger partial charge in [-0.05, 0) is 57.0 Å². The maximum atomic E-state index is 13.0. The molecular weight excluding hydrogens is 573 g/mol. The van der Waals surface area contributed by atoms with Crippen molar-refractivity contribution in [1.29, 1.82) is 0 Å². The minimum Gasteiger partial charge on any atom is -0.529 e.